The molecule has 1 saturated heterocycles. The molecule has 1 fully saturated rings. The first kappa shape index (κ1) is 13.0. The first-order chi connectivity index (χ1) is 8.40. The maximum absolute atomic E-state index is 11.7. The molecule has 1 aliphatic heterocycles. The fraction of sp³-hybridized carbons (Fsp3) is 0.364. The summed E-state index contributed by atoms with van der Waals surface area (Å²) in [6, 6.07) is 3.12. The highest BCUT2D eigenvalue weighted by molar-refractivity contribution is 9.10. The van der Waals surface area contributed by atoms with Gasteiger partial charge in [0.25, 0.3) is 5.69 Å². The Morgan fingerprint density at radius 3 is 2.72 bits per heavy atom. The van der Waals surface area contributed by atoms with E-state index in [-0.39, 0.29) is 30.2 Å². The number of carbonyl (C=O) groups is 1. The second-order valence-corrected chi connectivity index (χ2v) is 5.09. The number of amides is 1. The lowest BCUT2D eigenvalue weighted by Crippen LogP contribution is -2.26. The van der Waals surface area contributed by atoms with Crippen LogP contribution in [0.5, 0.6) is 0 Å². The average Bonchev–Trinajstić information content (AvgIpc) is 2.56. The van der Waals surface area contributed by atoms with Gasteiger partial charge in [-0.05, 0) is 34.5 Å². The zero-order valence-electron chi connectivity index (χ0n) is 9.59. The molecule has 1 N–H and O–H groups in total. The minimum Gasteiger partial charge on any atom is -0.391 e. The lowest BCUT2D eigenvalue weighted by atomic mass is 10.2. The number of β-amino-alcohol motifs (C(OH)–C–C–N with tert-alkyl or cyclic N) is 1. The zero-order valence-corrected chi connectivity index (χ0v) is 11.2. The molecule has 6 nitrogen and oxygen atoms in total. The molecular weight excluding hydrogens is 304 g/mol. The third kappa shape index (κ3) is 2.23. The number of nitro groups is 1. The number of hydrogen-bond acceptors (Lipinski definition) is 4. The van der Waals surface area contributed by atoms with Gasteiger partial charge in [-0.3, -0.25) is 14.9 Å². The second kappa shape index (κ2) is 4.66. The van der Waals surface area contributed by atoms with Crippen molar-refractivity contribution in [2.24, 2.45) is 0 Å². The summed E-state index contributed by atoms with van der Waals surface area (Å²) < 4.78 is 0.483. The summed E-state index contributed by atoms with van der Waals surface area (Å²) >= 11 is 3.24. The molecule has 96 valence electrons. The number of carbonyl (C=O) groups excluding carboxylic acids is 1. The Morgan fingerprint density at radius 1 is 1.56 bits per heavy atom. The normalized spacial score (nSPS) is 19.4. The van der Waals surface area contributed by atoms with Crippen LogP contribution in [0.25, 0.3) is 0 Å². The molecule has 1 aromatic rings. The molecule has 1 aliphatic rings. The van der Waals surface area contributed by atoms with Gasteiger partial charge in [-0.25, -0.2) is 0 Å². The van der Waals surface area contributed by atoms with E-state index in [1.54, 1.807) is 13.0 Å². The van der Waals surface area contributed by atoms with Crippen molar-refractivity contribution in [3.05, 3.63) is 32.3 Å². The van der Waals surface area contributed by atoms with Crippen molar-refractivity contribution in [2.45, 2.75) is 19.4 Å². The van der Waals surface area contributed by atoms with Crippen LogP contribution in [0.3, 0.4) is 0 Å². The highest BCUT2D eigenvalue weighted by atomic mass is 79.9. The fourth-order valence-corrected chi connectivity index (χ4v) is 2.81. The molecular formula is C11H11BrN2O4. The van der Waals surface area contributed by atoms with Gasteiger partial charge in [0.1, 0.15) is 5.69 Å². The van der Waals surface area contributed by atoms with E-state index in [0.717, 1.165) is 5.56 Å². The van der Waals surface area contributed by atoms with E-state index in [2.05, 4.69) is 15.9 Å². The lowest BCUT2D eigenvalue weighted by molar-refractivity contribution is -0.384. The summed E-state index contributed by atoms with van der Waals surface area (Å²) in [7, 11) is 0. The second-order valence-electron chi connectivity index (χ2n) is 4.23. The topological polar surface area (TPSA) is 83.7 Å². The molecule has 0 spiro atoms. The van der Waals surface area contributed by atoms with E-state index in [1.807, 2.05) is 0 Å². The highest BCUT2D eigenvalue weighted by Gasteiger charge is 2.34. The van der Waals surface area contributed by atoms with Crippen molar-refractivity contribution < 1.29 is 14.8 Å². The molecule has 0 radical (unpaired) electrons. The van der Waals surface area contributed by atoms with Crippen LogP contribution in [0.4, 0.5) is 11.4 Å². The van der Waals surface area contributed by atoms with E-state index in [1.165, 1.54) is 11.0 Å². The maximum atomic E-state index is 11.7. The summed E-state index contributed by atoms with van der Waals surface area (Å²) in [6.45, 7) is 1.82. The standard InChI is InChI=1S/C11H11BrN2O4/c1-6-2-8(12)11(9(3-6)14(17)18)13-5-7(15)4-10(13)16/h2-3,7,15H,4-5H2,1H3. The molecule has 7 heteroatoms. The number of halogens is 1. The van der Waals surface area contributed by atoms with Crippen LogP contribution >= 0.6 is 15.9 Å². The van der Waals surface area contributed by atoms with Gasteiger partial charge < -0.3 is 10.0 Å². The van der Waals surface area contributed by atoms with Crippen LogP contribution in [0.15, 0.2) is 16.6 Å². The number of aryl methyl sites for hydroxylation is 1. The van der Waals surface area contributed by atoms with Crippen LogP contribution in [-0.2, 0) is 4.79 Å². The smallest absolute Gasteiger partial charge is 0.294 e. The zero-order chi connectivity index (χ0) is 13.4. The van der Waals surface area contributed by atoms with Gasteiger partial charge in [0.15, 0.2) is 0 Å². The van der Waals surface area contributed by atoms with Gasteiger partial charge in [0.2, 0.25) is 5.91 Å². The number of nitro benzene ring substituents is 1. The number of aliphatic hydroxyl groups is 1. The quantitative estimate of drug-likeness (QED) is 0.666. The van der Waals surface area contributed by atoms with E-state index in [4.69, 9.17) is 0 Å². The Hall–Kier alpha value is -1.47. The van der Waals surface area contributed by atoms with Gasteiger partial charge in [0.05, 0.1) is 24.0 Å². The number of benzene rings is 1. The molecule has 0 saturated carbocycles. The van der Waals surface area contributed by atoms with Gasteiger partial charge in [-0.1, -0.05) is 0 Å². The number of rotatable bonds is 2. The third-order valence-electron chi connectivity index (χ3n) is 2.76. The minimum atomic E-state index is -0.773. The number of aliphatic hydroxyl groups excluding tert-OH is 1. The molecule has 2 rings (SSSR count). The average molecular weight is 315 g/mol. The Bertz CT molecular complexity index is 532. The van der Waals surface area contributed by atoms with Crippen LogP contribution in [-0.4, -0.2) is 28.6 Å². The van der Waals surface area contributed by atoms with Gasteiger partial charge in [0, 0.05) is 10.5 Å². The van der Waals surface area contributed by atoms with E-state index >= 15 is 0 Å². The van der Waals surface area contributed by atoms with Crippen molar-refractivity contribution in [3.8, 4) is 0 Å². The van der Waals surface area contributed by atoms with Crippen molar-refractivity contribution in [1.82, 2.24) is 0 Å². The van der Waals surface area contributed by atoms with E-state index < -0.39 is 11.0 Å². The molecule has 1 heterocycles. The highest BCUT2D eigenvalue weighted by Crippen LogP contribution is 2.38. The summed E-state index contributed by atoms with van der Waals surface area (Å²) in [5, 5.41) is 20.5. The molecule has 0 aromatic heterocycles. The Labute approximate surface area is 111 Å². The summed E-state index contributed by atoms with van der Waals surface area (Å²) in [4.78, 5) is 23.5. The Balaban J connectivity index is 2.56. The Kier molecular flexibility index (Phi) is 3.36. The van der Waals surface area contributed by atoms with Crippen molar-refractivity contribution in [3.63, 3.8) is 0 Å². The molecule has 1 aromatic carbocycles. The minimum absolute atomic E-state index is 0.00251. The Morgan fingerprint density at radius 2 is 2.22 bits per heavy atom. The first-order valence-electron chi connectivity index (χ1n) is 5.33. The van der Waals surface area contributed by atoms with Crippen molar-refractivity contribution in [1.29, 1.82) is 0 Å². The fourth-order valence-electron chi connectivity index (χ4n) is 2.03. The SMILES string of the molecule is Cc1cc(Br)c(N2CC(O)CC2=O)c([N+](=O)[O-])c1. The molecule has 0 bridgehead atoms. The summed E-state index contributed by atoms with van der Waals surface area (Å²) in [5.41, 5.74) is 0.806. The first-order valence-corrected chi connectivity index (χ1v) is 6.12. The summed E-state index contributed by atoms with van der Waals surface area (Å²) in [5.74, 6) is -0.310. The predicted octanol–water partition coefficient (Wildman–Crippen LogP) is 1.76. The molecule has 18 heavy (non-hydrogen) atoms. The van der Waals surface area contributed by atoms with Gasteiger partial charge in [-0.2, -0.15) is 0 Å². The van der Waals surface area contributed by atoms with Crippen LogP contribution < -0.4 is 4.90 Å². The molecule has 1 unspecified atom stereocenters. The van der Waals surface area contributed by atoms with Crippen molar-refractivity contribution >= 4 is 33.2 Å². The molecule has 0 aliphatic carbocycles. The molecule has 1 atom stereocenters. The van der Waals surface area contributed by atoms with Crippen LogP contribution in [0, 0.1) is 17.0 Å². The molecule has 1 amide bonds. The van der Waals surface area contributed by atoms with Crippen LogP contribution in [0.2, 0.25) is 0 Å². The van der Waals surface area contributed by atoms with Gasteiger partial charge in [-0.15, -0.1) is 0 Å². The van der Waals surface area contributed by atoms with Gasteiger partial charge >= 0.3 is 0 Å². The van der Waals surface area contributed by atoms with Crippen LogP contribution in [0.1, 0.15) is 12.0 Å². The number of anilines is 1. The van der Waals surface area contributed by atoms with E-state index in [9.17, 15) is 20.0 Å². The largest absolute Gasteiger partial charge is 0.391 e. The maximum Gasteiger partial charge on any atom is 0.294 e. The summed E-state index contributed by atoms with van der Waals surface area (Å²) in [6.07, 6.45) is -0.775. The lowest BCUT2D eigenvalue weighted by Gasteiger charge is -2.18. The number of nitrogens with zero attached hydrogens (tertiary/aromatic N) is 2. The number of hydrogen-bond donors (Lipinski definition) is 1. The monoisotopic (exact) mass is 314 g/mol. The third-order valence-corrected chi connectivity index (χ3v) is 3.36. The van der Waals surface area contributed by atoms with Crippen molar-refractivity contribution in [2.75, 3.05) is 11.4 Å². The van der Waals surface area contributed by atoms with E-state index in [0.29, 0.717) is 4.47 Å². The predicted molar refractivity (Wildman–Crippen MR) is 68.5 cm³/mol.